The lowest BCUT2D eigenvalue weighted by molar-refractivity contribution is 0.230. The van der Waals surface area contributed by atoms with E-state index in [2.05, 4.69) is 42.5 Å². The molecule has 1 fully saturated rings. The van der Waals surface area contributed by atoms with Crippen molar-refractivity contribution in [1.29, 1.82) is 0 Å². The van der Waals surface area contributed by atoms with Gasteiger partial charge in [0.1, 0.15) is 16.8 Å². The number of piperazine rings is 1. The van der Waals surface area contributed by atoms with Gasteiger partial charge < -0.3 is 4.90 Å². The molecule has 0 unspecified atom stereocenters. The molecule has 0 atom stereocenters. The van der Waals surface area contributed by atoms with Crippen molar-refractivity contribution in [2.24, 2.45) is 5.92 Å². The topological polar surface area (TPSA) is 32.3 Å². The van der Waals surface area contributed by atoms with Crippen molar-refractivity contribution in [1.82, 2.24) is 14.9 Å². The largest absolute Gasteiger partial charge is 0.354 e. The van der Waals surface area contributed by atoms with E-state index in [4.69, 9.17) is 16.6 Å². The van der Waals surface area contributed by atoms with Gasteiger partial charge in [0.2, 0.25) is 0 Å². The van der Waals surface area contributed by atoms with E-state index >= 15 is 0 Å². The Bertz CT molecular complexity index is 479. The van der Waals surface area contributed by atoms with Gasteiger partial charge in [0.25, 0.3) is 0 Å². The molecule has 118 valence electrons. The fourth-order valence-electron chi connectivity index (χ4n) is 2.72. The molecule has 0 aliphatic carbocycles. The molecule has 21 heavy (non-hydrogen) atoms. The number of aromatic nitrogens is 2. The highest BCUT2D eigenvalue weighted by Gasteiger charge is 2.22. The summed E-state index contributed by atoms with van der Waals surface area (Å²) in [7, 11) is 0. The first-order chi connectivity index (χ1) is 9.88. The first kappa shape index (κ1) is 16.5. The molecule has 0 N–H and O–H groups in total. The third-order valence-electron chi connectivity index (χ3n) is 3.89. The molecule has 0 spiro atoms. The van der Waals surface area contributed by atoms with Gasteiger partial charge in [-0.2, -0.15) is 0 Å². The van der Waals surface area contributed by atoms with Crippen LogP contribution in [0.1, 0.15) is 45.0 Å². The van der Waals surface area contributed by atoms with Gasteiger partial charge in [0.05, 0.1) is 0 Å². The second kappa shape index (κ2) is 6.93. The standard InChI is InChI=1S/C16H27ClN4/c1-11(2)10-20-6-8-21(9-7-20)16-13(5)14(17)18-15(19-16)12(3)4/h11-12H,6-10H2,1-5H3. The molecule has 0 bridgehead atoms. The normalized spacial score (nSPS) is 17.0. The smallest absolute Gasteiger partial charge is 0.137 e. The number of nitrogens with zero attached hydrogens (tertiary/aromatic N) is 4. The third-order valence-corrected chi connectivity index (χ3v) is 4.26. The van der Waals surface area contributed by atoms with Gasteiger partial charge >= 0.3 is 0 Å². The number of hydrogen-bond acceptors (Lipinski definition) is 4. The summed E-state index contributed by atoms with van der Waals surface area (Å²) in [4.78, 5) is 14.0. The lowest BCUT2D eigenvalue weighted by atomic mass is 10.1. The zero-order valence-electron chi connectivity index (χ0n) is 13.9. The Morgan fingerprint density at radius 3 is 2.19 bits per heavy atom. The molecular weight excluding hydrogens is 284 g/mol. The van der Waals surface area contributed by atoms with Crippen LogP contribution in [-0.4, -0.2) is 47.6 Å². The molecule has 2 rings (SSSR count). The van der Waals surface area contributed by atoms with Crippen molar-refractivity contribution in [3.63, 3.8) is 0 Å². The second-order valence-corrected chi connectivity index (χ2v) is 7.02. The molecule has 0 saturated carbocycles. The van der Waals surface area contributed by atoms with Crippen LogP contribution < -0.4 is 4.90 Å². The average Bonchev–Trinajstić information content (AvgIpc) is 2.42. The maximum Gasteiger partial charge on any atom is 0.137 e. The van der Waals surface area contributed by atoms with Crippen LogP contribution in [0.3, 0.4) is 0 Å². The summed E-state index contributed by atoms with van der Waals surface area (Å²) in [5, 5.41) is 0.591. The van der Waals surface area contributed by atoms with Crippen LogP contribution in [-0.2, 0) is 0 Å². The third kappa shape index (κ3) is 4.07. The summed E-state index contributed by atoms with van der Waals surface area (Å²) in [5.41, 5.74) is 0.998. The van der Waals surface area contributed by atoms with E-state index in [0.29, 0.717) is 11.1 Å². The van der Waals surface area contributed by atoms with Gasteiger partial charge in [-0.3, -0.25) is 4.90 Å². The highest BCUT2D eigenvalue weighted by atomic mass is 35.5. The van der Waals surface area contributed by atoms with Gasteiger partial charge in [-0.05, 0) is 12.8 Å². The molecule has 0 radical (unpaired) electrons. The quantitative estimate of drug-likeness (QED) is 0.798. The van der Waals surface area contributed by atoms with Crippen LogP contribution in [0.5, 0.6) is 0 Å². The molecular formula is C16H27ClN4. The number of halogens is 1. The lowest BCUT2D eigenvalue weighted by Crippen LogP contribution is -2.48. The molecule has 1 aliphatic heterocycles. The van der Waals surface area contributed by atoms with Crippen molar-refractivity contribution in [3.8, 4) is 0 Å². The summed E-state index contributed by atoms with van der Waals surface area (Å²) >= 11 is 6.29. The average molecular weight is 311 g/mol. The zero-order valence-corrected chi connectivity index (χ0v) is 14.6. The maximum atomic E-state index is 6.29. The van der Waals surface area contributed by atoms with E-state index in [1.54, 1.807) is 0 Å². The van der Waals surface area contributed by atoms with Crippen molar-refractivity contribution in [2.75, 3.05) is 37.6 Å². The molecule has 1 aromatic rings. The van der Waals surface area contributed by atoms with Gasteiger partial charge in [-0.25, -0.2) is 9.97 Å². The summed E-state index contributed by atoms with van der Waals surface area (Å²) in [6.45, 7) is 16.2. The van der Waals surface area contributed by atoms with Gasteiger partial charge in [0.15, 0.2) is 0 Å². The summed E-state index contributed by atoms with van der Waals surface area (Å²) in [6, 6.07) is 0. The molecule has 1 aliphatic rings. The highest BCUT2D eigenvalue weighted by Crippen LogP contribution is 2.26. The van der Waals surface area contributed by atoms with E-state index in [-0.39, 0.29) is 0 Å². The Hall–Kier alpha value is -0.870. The maximum absolute atomic E-state index is 6.29. The summed E-state index contributed by atoms with van der Waals surface area (Å²) in [5.74, 6) is 2.87. The zero-order chi connectivity index (χ0) is 15.6. The van der Waals surface area contributed by atoms with Crippen LogP contribution in [0.15, 0.2) is 0 Å². The van der Waals surface area contributed by atoms with Crippen molar-refractivity contribution in [3.05, 3.63) is 16.5 Å². The minimum absolute atomic E-state index is 0.295. The Morgan fingerprint density at radius 2 is 1.67 bits per heavy atom. The lowest BCUT2D eigenvalue weighted by Gasteiger charge is -2.37. The predicted octanol–water partition coefficient (Wildman–Crippen LogP) is 3.34. The molecule has 2 heterocycles. The monoisotopic (exact) mass is 310 g/mol. The summed E-state index contributed by atoms with van der Waals surface area (Å²) in [6.07, 6.45) is 0. The van der Waals surface area contributed by atoms with E-state index in [1.807, 2.05) is 6.92 Å². The van der Waals surface area contributed by atoms with E-state index in [9.17, 15) is 0 Å². The van der Waals surface area contributed by atoms with Crippen molar-refractivity contribution >= 4 is 17.4 Å². The second-order valence-electron chi connectivity index (χ2n) is 6.66. The van der Waals surface area contributed by atoms with Crippen molar-refractivity contribution < 1.29 is 0 Å². The molecule has 4 nitrogen and oxygen atoms in total. The summed E-state index contributed by atoms with van der Waals surface area (Å²) < 4.78 is 0. The van der Waals surface area contributed by atoms with Crippen molar-refractivity contribution in [2.45, 2.75) is 40.5 Å². The van der Waals surface area contributed by atoms with Crippen LogP contribution in [0, 0.1) is 12.8 Å². The predicted molar refractivity (Wildman–Crippen MR) is 89.4 cm³/mol. The van der Waals surface area contributed by atoms with Crippen LogP contribution >= 0.6 is 11.6 Å². The Kier molecular flexibility index (Phi) is 5.44. The molecule has 0 aromatic carbocycles. The van der Waals surface area contributed by atoms with Crippen LogP contribution in [0.25, 0.3) is 0 Å². The van der Waals surface area contributed by atoms with E-state index in [1.165, 1.54) is 6.54 Å². The van der Waals surface area contributed by atoms with Gasteiger partial charge in [-0.1, -0.05) is 39.3 Å². The SMILES string of the molecule is Cc1c(Cl)nc(C(C)C)nc1N1CCN(CC(C)C)CC1. The minimum atomic E-state index is 0.295. The van der Waals surface area contributed by atoms with Crippen LogP contribution in [0.4, 0.5) is 5.82 Å². The number of rotatable bonds is 4. The fourth-order valence-corrected chi connectivity index (χ4v) is 2.89. The van der Waals surface area contributed by atoms with Gasteiger partial charge in [0, 0.05) is 44.2 Å². The van der Waals surface area contributed by atoms with Crippen LogP contribution in [0.2, 0.25) is 5.15 Å². The molecule has 0 amide bonds. The van der Waals surface area contributed by atoms with E-state index < -0.39 is 0 Å². The Morgan fingerprint density at radius 1 is 1.05 bits per heavy atom. The minimum Gasteiger partial charge on any atom is -0.354 e. The Labute approximate surface area is 133 Å². The fraction of sp³-hybridized carbons (Fsp3) is 0.750. The first-order valence-electron chi connectivity index (χ1n) is 7.89. The molecule has 1 saturated heterocycles. The number of hydrogen-bond donors (Lipinski definition) is 0. The number of anilines is 1. The van der Waals surface area contributed by atoms with Gasteiger partial charge in [-0.15, -0.1) is 0 Å². The molecule has 5 heteroatoms. The Balaban J connectivity index is 2.12. The van der Waals surface area contributed by atoms with E-state index in [0.717, 1.165) is 49.3 Å². The first-order valence-corrected chi connectivity index (χ1v) is 8.27. The highest BCUT2D eigenvalue weighted by molar-refractivity contribution is 6.30. The molecule has 1 aromatic heterocycles.